The van der Waals surface area contributed by atoms with Gasteiger partial charge in [-0.15, -0.1) is 0 Å². The van der Waals surface area contributed by atoms with E-state index in [1.165, 1.54) is 0 Å². The molecule has 2 aromatic rings. The van der Waals surface area contributed by atoms with Crippen molar-refractivity contribution in [3.05, 3.63) is 18.2 Å². The predicted octanol–water partition coefficient (Wildman–Crippen LogP) is 2.29. The van der Waals surface area contributed by atoms with Gasteiger partial charge in [0, 0.05) is 31.5 Å². The Kier molecular flexibility index (Phi) is 5.70. The molecule has 2 rings (SSSR count). The van der Waals surface area contributed by atoms with Crippen LogP contribution in [0.4, 0.5) is 0 Å². The maximum Gasteiger partial charge on any atom is 0.166 e. The smallest absolute Gasteiger partial charge is 0.166 e. The second-order valence-corrected chi connectivity index (χ2v) is 5.67. The van der Waals surface area contributed by atoms with Gasteiger partial charge in [-0.3, -0.25) is 0 Å². The first-order valence-corrected chi connectivity index (χ1v) is 7.60. The van der Waals surface area contributed by atoms with Crippen LogP contribution in [-0.2, 0) is 4.74 Å². The van der Waals surface area contributed by atoms with Gasteiger partial charge in [0.2, 0.25) is 0 Å². The SMILES string of the molecule is COCC(C)NCCSc1nc2ccc(OC)cc2[nH]1. The minimum absolute atomic E-state index is 0.375. The van der Waals surface area contributed by atoms with E-state index in [1.807, 2.05) is 18.2 Å². The van der Waals surface area contributed by atoms with Gasteiger partial charge in [0.25, 0.3) is 0 Å². The summed E-state index contributed by atoms with van der Waals surface area (Å²) in [4.78, 5) is 7.84. The van der Waals surface area contributed by atoms with Crippen molar-refractivity contribution >= 4 is 22.8 Å². The zero-order valence-electron chi connectivity index (χ0n) is 12.1. The zero-order chi connectivity index (χ0) is 14.4. The zero-order valence-corrected chi connectivity index (χ0v) is 12.9. The second-order valence-electron chi connectivity index (χ2n) is 4.58. The maximum absolute atomic E-state index is 5.20. The number of aromatic amines is 1. The summed E-state index contributed by atoms with van der Waals surface area (Å²) in [5.41, 5.74) is 1.97. The molecular formula is C14H21N3O2S. The lowest BCUT2D eigenvalue weighted by atomic mass is 10.3. The number of fused-ring (bicyclic) bond motifs is 1. The van der Waals surface area contributed by atoms with E-state index >= 15 is 0 Å². The van der Waals surface area contributed by atoms with E-state index < -0.39 is 0 Å². The van der Waals surface area contributed by atoms with E-state index in [-0.39, 0.29) is 0 Å². The summed E-state index contributed by atoms with van der Waals surface area (Å²) in [6.07, 6.45) is 0. The van der Waals surface area contributed by atoms with Crippen molar-refractivity contribution in [2.45, 2.75) is 18.1 Å². The number of imidazole rings is 1. The van der Waals surface area contributed by atoms with E-state index in [1.54, 1.807) is 26.0 Å². The summed E-state index contributed by atoms with van der Waals surface area (Å²) in [7, 11) is 3.38. The third-order valence-corrected chi connectivity index (χ3v) is 3.79. The van der Waals surface area contributed by atoms with Crippen LogP contribution in [0.2, 0.25) is 0 Å². The van der Waals surface area contributed by atoms with Gasteiger partial charge in [0.05, 0.1) is 24.8 Å². The van der Waals surface area contributed by atoms with E-state index in [2.05, 4.69) is 22.2 Å². The fourth-order valence-corrected chi connectivity index (χ4v) is 2.68. The van der Waals surface area contributed by atoms with Gasteiger partial charge in [0.15, 0.2) is 5.16 Å². The molecule has 0 saturated carbocycles. The van der Waals surface area contributed by atoms with Crippen LogP contribution in [0.25, 0.3) is 11.0 Å². The normalized spacial score (nSPS) is 12.8. The molecule has 0 saturated heterocycles. The molecule has 0 fully saturated rings. The molecule has 2 N–H and O–H groups in total. The molecule has 0 amide bonds. The summed E-state index contributed by atoms with van der Waals surface area (Å²) >= 11 is 1.71. The summed E-state index contributed by atoms with van der Waals surface area (Å²) in [6.45, 7) is 3.77. The molecule has 5 nitrogen and oxygen atoms in total. The van der Waals surface area contributed by atoms with Crippen LogP contribution in [0.3, 0.4) is 0 Å². The highest BCUT2D eigenvalue weighted by Crippen LogP contribution is 2.22. The maximum atomic E-state index is 5.20. The number of nitrogens with one attached hydrogen (secondary N) is 2. The Morgan fingerprint density at radius 2 is 2.25 bits per heavy atom. The first kappa shape index (κ1) is 15.2. The van der Waals surface area contributed by atoms with Crippen molar-refractivity contribution in [2.75, 3.05) is 33.1 Å². The molecule has 110 valence electrons. The number of hydrogen-bond donors (Lipinski definition) is 2. The number of thioether (sulfide) groups is 1. The number of rotatable bonds is 8. The van der Waals surface area contributed by atoms with Gasteiger partial charge in [0.1, 0.15) is 5.75 Å². The molecule has 0 aliphatic carbocycles. The highest BCUT2D eigenvalue weighted by Gasteiger charge is 2.05. The van der Waals surface area contributed by atoms with Gasteiger partial charge >= 0.3 is 0 Å². The number of hydrogen-bond acceptors (Lipinski definition) is 5. The highest BCUT2D eigenvalue weighted by atomic mass is 32.2. The van der Waals surface area contributed by atoms with Crippen LogP contribution in [0, 0.1) is 0 Å². The molecule has 1 heterocycles. The van der Waals surface area contributed by atoms with Gasteiger partial charge in [-0.1, -0.05) is 11.8 Å². The van der Waals surface area contributed by atoms with Crippen molar-refractivity contribution in [2.24, 2.45) is 0 Å². The van der Waals surface area contributed by atoms with E-state index in [0.717, 1.165) is 40.8 Å². The number of methoxy groups -OCH3 is 2. The molecule has 0 spiro atoms. The molecule has 20 heavy (non-hydrogen) atoms. The van der Waals surface area contributed by atoms with Crippen molar-refractivity contribution in [3.63, 3.8) is 0 Å². The second kappa shape index (κ2) is 7.52. The molecule has 1 unspecified atom stereocenters. The Balaban J connectivity index is 1.84. The lowest BCUT2D eigenvalue weighted by Crippen LogP contribution is -2.31. The number of benzene rings is 1. The third kappa shape index (κ3) is 4.13. The van der Waals surface area contributed by atoms with Crippen LogP contribution in [-0.4, -0.2) is 49.1 Å². The minimum atomic E-state index is 0.375. The monoisotopic (exact) mass is 295 g/mol. The fraction of sp³-hybridized carbons (Fsp3) is 0.500. The number of nitrogens with zero attached hydrogens (tertiary/aromatic N) is 1. The Morgan fingerprint density at radius 3 is 3.00 bits per heavy atom. The van der Waals surface area contributed by atoms with Gasteiger partial charge in [-0.2, -0.15) is 0 Å². The summed E-state index contributed by atoms with van der Waals surface area (Å²) in [5, 5.41) is 4.34. The number of aromatic nitrogens is 2. The molecule has 0 aliphatic heterocycles. The van der Waals surface area contributed by atoms with Crippen molar-refractivity contribution in [1.29, 1.82) is 0 Å². The van der Waals surface area contributed by atoms with Gasteiger partial charge < -0.3 is 19.8 Å². The largest absolute Gasteiger partial charge is 0.497 e. The van der Waals surface area contributed by atoms with Crippen LogP contribution < -0.4 is 10.1 Å². The van der Waals surface area contributed by atoms with Crippen LogP contribution in [0.1, 0.15) is 6.92 Å². The van der Waals surface area contributed by atoms with Crippen molar-refractivity contribution < 1.29 is 9.47 Å². The third-order valence-electron chi connectivity index (χ3n) is 2.92. The highest BCUT2D eigenvalue weighted by molar-refractivity contribution is 7.99. The molecule has 1 aromatic carbocycles. The van der Waals surface area contributed by atoms with Gasteiger partial charge in [-0.05, 0) is 19.1 Å². The first-order valence-electron chi connectivity index (χ1n) is 6.62. The Hall–Kier alpha value is -1.24. The Morgan fingerprint density at radius 1 is 1.40 bits per heavy atom. The van der Waals surface area contributed by atoms with Crippen molar-refractivity contribution in [1.82, 2.24) is 15.3 Å². The summed E-state index contributed by atoms with van der Waals surface area (Å²) < 4.78 is 10.3. The molecule has 6 heteroatoms. The fourth-order valence-electron chi connectivity index (χ4n) is 1.92. The minimum Gasteiger partial charge on any atom is -0.497 e. The first-order chi connectivity index (χ1) is 9.72. The van der Waals surface area contributed by atoms with E-state index in [9.17, 15) is 0 Å². The number of ether oxygens (including phenoxy) is 2. The van der Waals surface area contributed by atoms with E-state index in [4.69, 9.17) is 9.47 Å². The topological polar surface area (TPSA) is 59.2 Å². The Labute approximate surface area is 123 Å². The van der Waals surface area contributed by atoms with Crippen LogP contribution in [0.15, 0.2) is 23.4 Å². The molecular weight excluding hydrogens is 274 g/mol. The Bertz CT molecular complexity index is 544. The van der Waals surface area contributed by atoms with Crippen molar-refractivity contribution in [3.8, 4) is 5.75 Å². The lowest BCUT2D eigenvalue weighted by molar-refractivity contribution is 0.173. The predicted molar refractivity (Wildman–Crippen MR) is 82.7 cm³/mol. The average Bonchev–Trinajstić information content (AvgIpc) is 2.85. The summed E-state index contributed by atoms with van der Waals surface area (Å²) in [5.74, 6) is 1.80. The molecule has 1 aromatic heterocycles. The number of H-pyrrole nitrogens is 1. The van der Waals surface area contributed by atoms with Crippen LogP contribution >= 0.6 is 11.8 Å². The molecule has 0 bridgehead atoms. The van der Waals surface area contributed by atoms with Crippen LogP contribution in [0.5, 0.6) is 5.75 Å². The lowest BCUT2D eigenvalue weighted by Gasteiger charge is -2.11. The molecule has 0 aliphatic rings. The quantitative estimate of drug-likeness (QED) is 0.578. The van der Waals surface area contributed by atoms with E-state index in [0.29, 0.717) is 6.04 Å². The molecule has 0 radical (unpaired) electrons. The average molecular weight is 295 g/mol. The summed E-state index contributed by atoms with van der Waals surface area (Å²) in [6, 6.07) is 6.23. The molecule has 1 atom stereocenters. The van der Waals surface area contributed by atoms with Gasteiger partial charge in [-0.25, -0.2) is 4.98 Å². The standard InChI is InChI=1S/C14H21N3O2S/c1-10(9-18-2)15-6-7-20-14-16-12-5-4-11(19-3)8-13(12)17-14/h4-5,8,10,15H,6-7,9H2,1-3H3,(H,16,17).